The molecule has 0 aliphatic heterocycles. The first-order valence-corrected chi connectivity index (χ1v) is 44.8. The Morgan fingerprint density at radius 2 is 0.460 bits per heavy atom. The summed E-state index contributed by atoms with van der Waals surface area (Å²) in [4.78, 5) is 73.1. The van der Waals surface area contributed by atoms with E-state index in [2.05, 4.69) is 48.5 Å². The Morgan fingerprint density at radius 1 is 0.270 bits per heavy atom. The van der Waals surface area contributed by atoms with Crippen LogP contribution in [0.3, 0.4) is 0 Å². The number of phosphoric ester groups is 2. The minimum absolute atomic E-state index is 0.106. The topological polar surface area (TPSA) is 237 Å². The van der Waals surface area contributed by atoms with E-state index in [0.29, 0.717) is 25.7 Å². The van der Waals surface area contributed by atoms with Crippen molar-refractivity contribution in [3.8, 4) is 0 Å². The van der Waals surface area contributed by atoms with Crippen molar-refractivity contribution in [2.75, 3.05) is 39.6 Å². The van der Waals surface area contributed by atoms with Gasteiger partial charge in [0.25, 0.3) is 0 Å². The van der Waals surface area contributed by atoms with Crippen molar-refractivity contribution in [3.05, 3.63) is 0 Å². The van der Waals surface area contributed by atoms with Crippen molar-refractivity contribution in [1.82, 2.24) is 0 Å². The molecule has 0 fully saturated rings. The Hall–Kier alpha value is -1.94. The van der Waals surface area contributed by atoms with Gasteiger partial charge in [-0.1, -0.05) is 370 Å². The van der Waals surface area contributed by atoms with Crippen molar-refractivity contribution in [2.24, 2.45) is 17.8 Å². The molecule has 0 bridgehead atoms. The highest BCUT2D eigenvalue weighted by Gasteiger charge is 2.30. The summed E-state index contributed by atoms with van der Waals surface area (Å²) in [6.07, 6.45) is 59.6. The van der Waals surface area contributed by atoms with E-state index in [1.165, 1.54) is 231 Å². The molecule has 0 aromatic heterocycles. The number of rotatable bonds is 79. The summed E-state index contributed by atoms with van der Waals surface area (Å²) in [5, 5.41) is 10.6. The third-order valence-corrected chi connectivity index (χ3v) is 20.8. The molecule has 19 heteroatoms. The lowest BCUT2D eigenvalue weighted by atomic mass is 10.0. The summed E-state index contributed by atoms with van der Waals surface area (Å²) in [6, 6.07) is 0. The zero-order chi connectivity index (χ0) is 73.7. The molecule has 0 aromatic rings. The molecule has 0 aliphatic rings. The Balaban J connectivity index is 5.26. The predicted molar refractivity (Wildman–Crippen MR) is 409 cm³/mol. The van der Waals surface area contributed by atoms with Gasteiger partial charge >= 0.3 is 39.5 Å². The standard InChI is InChI=1S/C81H158O17P2/c1-8-9-10-11-12-13-14-15-16-17-18-19-22-26-36-43-50-57-64-80(85)97-76(68-91-78(83)62-55-48-41-34-25-23-20-21-24-31-38-45-52-59-72(2)3)70-95-99(87,88)93-66-75(82)67-94-100(89,90)96-71-77(98-81(86)65-58-51-44-37-30-28-33-40-47-54-61-74(6)7)69-92-79(84)63-56-49-42-35-29-27-32-39-46-53-60-73(4)5/h72-77,82H,8-71H2,1-7H3,(H,87,88)(H,89,90)/t75-,76-,77-/m1/s1. The van der Waals surface area contributed by atoms with Crippen LogP contribution in [0.1, 0.15) is 421 Å². The minimum atomic E-state index is -4.96. The van der Waals surface area contributed by atoms with Gasteiger partial charge in [-0.25, -0.2) is 9.13 Å². The second-order valence-electron chi connectivity index (χ2n) is 30.6. The molecular formula is C81H158O17P2. The Labute approximate surface area is 613 Å². The zero-order valence-electron chi connectivity index (χ0n) is 65.7. The molecule has 0 heterocycles. The molecule has 0 aromatic carbocycles. The van der Waals surface area contributed by atoms with Crippen LogP contribution < -0.4 is 0 Å². The SMILES string of the molecule is CCCCCCCCCCCCCCCCCCCCC(=O)O[C@H](COC(=O)CCCCCCCCCCCCCCCC(C)C)COP(=O)(O)OC[C@@H](O)COP(=O)(O)OC[C@@H](COC(=O)CCCCCCCCCCCCC(C)C)OC(=O)CCCCCCCCCCCCC(C)C. The average Bonchev–Trinajstić information content (AvgIpc) is 0.915. The first-order valence-electron chi connectivity index (χ1n) is 41.8. The lowest BCUT2D eigenvalue weighted by molar-refractivity contribution is -0.161. The van der Waals surface area contributed by atoms with Crippen molar-refractivity contribution in [3.63, 3.8) is 0 Å². The first-order chi connectivity index (χ1) is 48.2. The van der Waals surface area contributed by atoms with Crippen LogP contribution >= 0.6 is 15.6 Å². The number of ether oxygens (including phenoxy) is 4. The van der Waals surface area contributed by atoms with Gasteiger partial charge in [-0.15, -0.1) is 0 Å². The normalized spacial score (nSPS) is 14.0. The number of hydrogen-bond donors (Lipinski definition) is 3. The number of hydrogen-bond acceptors (Lipinski definition) is 15. The van der Waals surface area contributed by atoms with E-state index in [1.54, 1.807) is 0 Å². The van der Waals surface area contributed by atoms with E-state index in [1.807, 2.05) is 0 Å². The number of unbranched alkanes of at least 4 members (excludes halogenated alkanes) is 47. The Bertz CT molecular complexity index is 1940. The largest absolute Gasteiger partial charge is 0.472 e. The van der Waals surface area contributed by atoms with Gasteiger partial charge in [-0.2, -0.15) is 0 Å². The van der Waals surface area contributed by atoms with Crippen molar-refractivity contribution >= 4 is 39.5 Å². The quantitative estimate of drug-likeness (QED) is 0.0222. The van der Waals surface area contributed by atoms with Crippen molar-refractivity contribution < 1.29 is 80.2 Å². The van der Waals surface area contributed by atoms with Gasteiger partial charge in [0.2, 0.25) is 0 Å². The van der Waals surface area contributed by atoms with Gasteiger partial charge in [-0.3, -0.25) is 37.3 Å². The zero-order valence-corrected chi connectivity index (χ0v) is 67.5. The number of aliphatic hydroxyl groups excluding tert-OH is 1. The predicted octanol–water partition coefficient (Wildman–Crippen LogP) is 24.1. The highest BCUT2D eigenvalue weighted by Crippen LogP contribution is 2.45. The molecule has 0 saturated heterocycles. The lowest BCUT2D eigenvalue weighted by Gasteiger charge is -2.21. The van der Waals surface area contributed by atoms with Crippen LogP contribution in [0.25, 0.3) is 0 Å². The molecule has 5 atom stereocenters. The molecular weight excluding hydrogens is 1310 g/mol. The van der Waals surface area contributed by atoms with Gasteiger partial charge in [0, 0.05) is 25.7 Å². The van der Waals surface area contributed by atoms with Crippen molar-refractivity contribution in [1.29, 1.82) is 0 Å². The van der Waals surface area contributed by atoms with Crippen LogP contribution in [0.2, 0.25) is 0 Å². The summed E-state index contributed by atoms with van der Waals surface area (Å²) in [5.41, 5.74) is 0. The van der Waals surface area contributed by atoms with Crippen LogP contribution in [0.15, 0.2) is 0 Å². The molecule has 100 heavy (non-hydrogen) atoms. The Morgan fingerprint density at radius 3 is 0.680 bits per heavy atom. The van der Waals surface area contributed by atoms with Gasteiger partial charge in [-0.05, 0) is 43.4 Å². The van der Waals surface area contributed by atoms with Crippen LogP contribution in [0.4, 0.5) is 0 Å². The van der Waals surface area contributed by atoms with Gasteiger partial charge < -0.3 is 33.8 Å². The molecule has 3 N–H and O–H groups in total. The third-order valence-electron chi connectivity index (χ3n) is 18.9. The molecule has 594 valence electrons. The second-order valence-corrected chi connectivity index (χ2v) is 33.5. The second kappa shape index (κ2) is 71.3. The summed E-state index contributed by atoms with van der Waals surface area (Å²) in [7, 11) is -9.92. The monoisotopic (exact) mass is 1470 g/mol. The molecule has 0 amide bonds. The van der Waals surface area contributed by atoms with E-state index in [9.17, 15) is 43.2 Å². The summed E-state index contributed by atoms with van der Waals surface area (Å²) in [5.74, 6) is 0.192. The number of aliphatic hydroxyl groups is 1. The van der Waals surface area contributed by atoms with E-state index in [0.717, 1.165) is 108 Å². The highest BCUT2D eigenvalue weighted by atomic mass is 31.2. The molecule has 0 rings (SSSR count). The van der Waals surface area contributed by atoms with Crippen LogP contribution in [0, 0.1) is 17.8 Å². The fraction of sp³-hybridized carbons (Fsp3) is 0.951. The summed E-state index contributed by atoms with van der Waals surface area (Å²) >= 11 is 0. The highest BCUT2D eigenvalue weighted by molar-refractivity contribution is 7.47. The number of esters is 4. The van der Waals surface area contributed by atoms with Crippen LogP contribution in [0.5, 0.6) is 0 Å². The van der Waals surface area contributed by atoms with Crippen LogP contribution in [-0.2, 0) is 65.4 Å². The molecule has 0 radical (unpaired) electrons. The fourth-order valence-corrected chi connectivity index (χ4v) is 14.1. The van der Waals surface area contributed by atoms with E-state index in [-0.39, 0.29) is 25.7 Å². The van der Waals surface area contributed by atoms with E-state index >= 15 is 0 Å². The molecule has 2 unspecified atom stereocenters. The fourth-order valence-electron chi connectivity index (χ4n) is 12.5. The maximum Gasteiger partial charge on any atom is 0.472 e. The number of carbonyl (C=O) groups is 4. The molecule has 17 nitrogen and oxygen atoms in total. The van der Waals surface area contributed by atoms with Crippen molar-refractivity contribution in [2.45, 2.75) is 439 Å². The van der Waals surface area contributed by atoms with Gasteiger partial charge in [0.1, 0.15) is 19.3 Å². The van der Waals surface area contributed by atoms with Gasteiger partial charge in [0.15, 0.2) is 12.2 Å². The number of phosphoric acid groups is 2. The first kappa shape index (κ1) is 98.1. The molecule has 0 spiro atoms. The third kappa shape index (κ3) is 74.3. The smallest absolute Gasteiger partial charge is 0.462 e. The van der Waals surface area contributed by atoms with Crippen LogP contribution in [-0.4, -0.2) is 96.7 Å². The maximum atomic E-state index is 13.1. The lowest BCUT2D eigenvalue weighted by Crippen LogP contribution is -2.30. The van der Waals surface area contributed by atoms with Gasteiger partial charge in [0.05, 0.1) is 26.4 Å². The minimum Gasteiger partial charge on any atom is -0.462 e. The molecule has 0 saturated carbocycles. The van der Waals surface area contributed by atoms with E-state index < -0.39 is 97.5 Å². The molecule has 0 aliphatic carbocycles. The average molecular weight is 1470 g/mol. The Kier molecular flexibility index (Phi) is 69.9. The number of carbonyl (C=O) groups excluding carboxylic acids is 4. The summed E-state index contributed by atoms with van der Waals surface area (Å²) in [6.45, 7) is 11.9. The summed E-state index contributed by atoms with van der Waals surface area (Å²) < 4.78 is 68.8. The van der Waals surface area contributed by atoms with E-state index in [4.69, 9.17) is 37.0 Å². The maximum absolute atomic E-state index is 13.1.